The normalized spacial score (nSPS) is 33.8. The van der Waals surface area contributed by atoms with Gasteiger partial charge in [-0.15, -0.1) is 0 Å². The number of amides is 1. The number of rotatable bonds is 1. The van der Waals surface area contributed by atoms with Crippen molar-refractivity contribution in [3.8, 4) is 0 Å². The Bertz CT molecular complexity index is 125. The van der Waals surface area contributed by atoms with E-state index in [1.807, 2.05) is 0 Å². The fourth-order valence-corrected chi connectivity index (χ4v) is 0.748. The zero-order valence-corrected chi connectivity index (χ0v) is 5.13. The van der Waals surface area contributed by atoms with Crippen molar-refractivity contribution in [2.24, 2.45) is 0 Å². The van der Waals surface area contributed by atoms with Gasteiger partial charge in [-0.3, -0.25) is 0 Å². The summed E-state index contributed by atoms with van der Waals surface area (Å²) in [4.78, 5) is 10.4. The molecule has 52 valence electrons. The van der Waals surface area contributed by atoms with Gasteiger partial charge in [0.1, 0.15) is 6.10 Å². The van der Waals surface area contributed by atoms with Crippen molar-refractivity contribution in [3.63, 3.8) is 0 Å². The molecule has 0 unspecified atom stereocenters. The van der Waals surface area contributed by atoms with Gasteiger partial charge < -0.3 is 15.2 Å². The second-order valence-electron chi connectivity index (χ2n) is 2.04. The summed E-state index contributed by atoms with van der Waals surface area (Å²) < 4.78 is 4.65. The summed E-state index contributed by atoms with van der Waals surface area (Å²) in [6.45, 7) is 1.67. The molecule has 1 aliphatic heterocycles. The Balaban J connectivity index is 2.47. The minimum atomic E-state index is -0.443. The Labute approximate surface area is 52.8 Å². The number of ether oxygens (including phenoxy) is 1. The zero-order valence-electron chi connectivity index (χ0n) is 5.13. The van der Waals surface area contributed by atoms with Crippen molar-refractivity contribution < 1.29 is 14.6 Å². The molecule has 0 aliphatic carbocycles. The molecule has 0 radical (unpaired) electrons. The van der Waals surface area contributed by atoms with Crippen LogP contribution in [0.5, 0.6) is 0 Å². The maximum atomic E-state index is 10.4. The number of aliphatic hydroxyl groups excluding tert-OH is 1. The van der Waals surface area contributed by atoms with Gasteiger partial charge in [0.15, 0.2) is 0 Å². The number of carbonyl (C=O) groups is 1. The largest absolute Gasteiger partial charge is 0.444 e. The van der Waals surface area contributed by atoms with Crippen LogP contribution in [-0.4, -0.2) is 30.0 Å². The molecule has 0 aromatic carbocycles. The predicted octanol–water partition coefficient (Wildman–Crippen LogP) is -0.524. The van der Waals surface area contributed by atoms with Crippen molar-refractivity contribution in [2.45, 2.75) is 19.1 Å². The average Bonchev–Trinajstić information content (AvgIpc) is 2.10. The molecule has 4 nitrogen and oxygen atoms in total. The van der Waals surface area contributed by atoms with Crippen molar-refractivity contribution in [3.05, 3.63) is 0 Å². The van der Waals surface area contributed by atoms with Crippen LogP contribution in [0.1, 0.15) is 6.92 Å². The van der Waals surface area contributed by atoms with Gasteiger partial charge in [0.2, 0.25) is 0 Å². The van der Waals surface area contributed by atoms with Crippen LogP contribution in [0.2, 0.25) is 0 Å². The minimum absolute atomic E-state index is 0.0626. The van der Waals surface area contributed by atoms with E-state index in [0.29, 0.717) is 0 Å². The lowest BCUT2D eigenvalue weighted by Gasteiger charge is -2.06. The third kappa shape index (κ3) is 1.13. The third-order valence-corrected chi connectivity index (χ3v) is 1.36. The molecule has 2 N–H and O–H groups in total. The van der Waals surface area contributed by atoms with E-state index in [2.05, 4.69) is 10.1 Å². The topological polar surface area (TPSA) is 58.6 Å². The van der Waals surface area contributed by atoms with Crippen LogP contribution in [0.3, 0.4) is 0 Å². The van der Waals surface area contributed by atoms with Gasteiger partial charge in [0.25, 0.3) is 0 Å². The Hall–Kier alpha value is -0.770. The second-order valence-corrected chi connectivity index (χ2v) is 2.04. The van der Waals surface area contributed by atoms with Crippen molar-refractivity contribution in [2.75, 3.05) is 6.61 Å². The van der Waals surface area contributed by atoms with Crippen molar-refractivity contribution in [1.29, 1.82) is 0 Å². The SMILES string of the molecule is C[C@H]1OC(=O)N[C@H]1CO. The Morgan fingerprint density at radius 3 is 2.78 bits per heavy atom. The number of hydrogen-bond donors (Lipinski definition) is 2. The molecular weight excluding hydrogens is 122 g/mol. The lowest BCUT2D eigenvalue weighted by molar-refractivity contribution is 0.129. The molecule has 4 heteroatoms. The molecule has 2 atom stereocenters. The van der Waals surface area contributed by atoms with E-state index in [-0.39, 0.29) is 18.8 Å². The summed E-state index contributed by atoms with van der Waals surface area (Å²) in [5, 5.41) is 11.0. The maximum Gasteiger partial charge on any atom is 0.407 e. The fraction of sp³-hybridized carbons (Fsp3) is 0.800. The molecule has 0 saturated carbocycles. The van der Waals surface area contributed by atoms with Gasteiger partial charge in [0.05, 0.1) is 12.6 Å². The highest BCUT2D eigenvalue weighted by atomic mass is 16.6. The summed E-state index contributed by atoms with van der Waals surface area (Å²) in [7, 11) is 0. The predicted molar refractivity (Wildman–Crippen MR) is 30.0 cm³/mol. The molecule has 1 fully saturated rings. The number of cyclic esters (lactones) is 1. The van der Waals surface area contributed by atoms with Crippen LogP contribution in [0, 0.1) is 0 Å². The highest BCUT2D eigenvalue weighted by Crippen LogP contribution is 2.05. The van der Waals surface area contributed by atoms with E-state index in [4.69, 9.17) is 5.11 Å². The van der Waals surface area contributed by atoms with Crippen LogP contribution < -0.4 is 5.32 Å². The molecule has 0 aromatic heterocycles. The highest BCUT2D eigenvalue weighted by Gasteiger charge is 2.29. The standard InChI is InChI=1S/C5H9NO3/c1-3-4(2-7)6-5(8)9-3/h3-4,7H,2H2,1H3,(H,6,8)/t3-,4+/m1/s1. The number of carbonyl (C=O) groups excluding carboxylic acids is 1. The monoisotopic (exact) mass is 131 g/mol. The Morgan fingerprint density at radius 2 is 2.56 bits per heavy atom. The van der Waals surface area contributed by atoms with Gasteiger partial charge in [-0.2, -0.15) is 0 Å². The lowest BCUT2D eigenvalue weighted by atomic mass is 10.2. The smallest absolute Gasteiger partial charge is 0.407 e. The van der Waals surface area contributed by atoms with Crippen LogP contribution in [0.25, 0.3) is 0 Å². The summed E-state index contributed by atoms with van der Waals surface area (Å²) in [6, 6.07) is -0.225. The van der Waals surface area contributed by atoms with E-state index in [1.54, 1.807) is 6.92 Å². The first kappa shape index (κ1) is 6.35. The summed E-state index contributed by atoms with van der Waals surface area (Å²) in [5.74, 6) is 0. The first-order valence-electron chi connectivity index (χ1n) is 2.82. The van der Waals surface area contributed by atoms with Crippen LogP contribution in [-0.2, 0) is 4.74 Å². The molecule has 1 saturated heterocycles. The van der Waals surface area contributed by atoms with E-state index in [1.165, 1.54) is 0 Å². The van der Waals surface area contributed by atoms with Gasteiger partial charge in [0, 0.05) is 0 Å². The number of hydrogen-bond acceptors (Lipinski definition) is 3. The number of alkyl carbamates (subject to hydrolysis) is 1. The number of aliphatic hydroxyl groups is 1. The summed E-state index contributed by atoms with van der Waals surface area (Å²) in [6.07, 6.45) is -0.649. The fourth-order valence-electron chi connectivity index (χ4n) is 0.748. The highest BCUT2D eigenvalue weighted by molar-refractivity contribution is 5.70. The number of nitrogens with one attached hydrogen (secondary N) is 1. The Morgan fingerprint density at radius 1 is 1.89 bits per heavy atom. The first-order chi connectivity index (χ1) is 4.24. The quantitative estimate of drug-likeness (QED) is 0.503. The van der Waals surface area contributed by atoms with Gasteiger partial charge >= 0.3 is 6.09 Å². The van der Waals surface area contributed by atoms with E-state index < -0.39 is 6.09 Å². The molecule has 0 aromatic rings. The van der Waals surface area contributed by atoms with Crippen LogP contribution >= 0.6 is 0 Å². The van der Waals surface area contributed by atoms with Gasteiger partial charge in [-0.1, -0.05) is 0 Å². The molecule has 0 bridgehead atoms. The lowest BCUT2D eigenvalue weighted by Crippen LogP contribution is -2.33. The van der Waals surface area contributed by atoms with Gasteiger partial charge in [-0.05, 0) is 6.92 Å². The van der Waals surface area contributed by atoms with Crippen molar-refractivity contribution >= 4 is 6.09 Å². The third-order valence-electron chi connectivity index (χ3n) is 1.36. The van der Waals surface area contributed by atoms with Gasteiger partial charge in [-0.25, -0.2) is 4.79 Å². The molecular formula is C5H9NO3. The van der Waals surface area contributed by atoms with Crippen LogP contribution in [0.4, 0.5) is 4.79 Å². The Kier molecular flexibility index (Phi) is 1.57. The first-order valence-corrected chi connectivity index (χ1v) is 2.82. The molecule has 1 heterocycles. The molecule has 1 rings (SSSR count). The van der Waals surface area contributed by atoms with E-state index in [0.717, 1.165) is 0 Å². The molecule has 9 heavy (non-hydrogen) atoms. The summed E-state index contributed by atoms with van der Waals surface area (Å²) >= 11 is 0. The van der Waals surface area contributed by atoms with Crippen LogP contribution in [0.15, 0.2) is 0 Å². The van der Waals surface area contributed by atoms with Crippen molar-refractivity contribution in [1.82, 2.24) is 5.32 Å². The van der Waals surface area contributed by atoms with E-state index >= 15 is 0 Å². The molecule has 1 aliphatic rings. The molecule has 1 amide bonds. The maximum absolute atomic E-state index is 10.4. The second kappa shape index (κ2) is 2.23. The summed E-state index contributed by atoms with van der Waals surface area (Å²) in [5.41, 5.74) is 0. The molecule has 0 spiro atoms. The van der Waals surface area contributed by atoms with E-state index in [9.17, 15) is 4.79 Å². The minimum Gasteiger partial charge on any atom is -0.444 e. The zero-order chi connectivity index (χ0) is 6.85. The average molecular weight is 131 g/mol.